The molecule has 0 fully saturated rings. The predicted octanol–water partition coefficient (Wildman–Crippen LogP) is 0.803. The average Bonchev–Trinajstić information content (AvgIpc) is 2.72. The van der Waals surface area contributed by atoms with E-state index in [4.69, 9.17) is 5.11 Å². The van der Waals surface area contributed by atoms with Crippen LogP contribution in [0.5, 0.6) is 0 Å². The van der Waals surface area contributed by atoms with Crippen LogP contribution in [0.2, 0.25) is 0 Å². The van der Waals surface area contributed by atoms with E-state index in [1.807, 2.05) is 6.92 Å². The molecule has 0 aliphatic carbocycles. The van der Waals surface area contributed by atoms with Crippen molar-refractivity contribution in [1.82, 2.24) is 9.29 Å². The molecule has 2 N–H and O–H groups in total. The fraction of sp³-hybridized carbons (Fsp3) is 0.545. The number of aryl methyl sites for hydroxylation is 1. The SMILES string of the molecule is CCC(C)C(NS(=O)(=O)c1ccn(C)c1)C(=O)O. The number of carboxylic acids is 1. The maximum Gasteiger partial charge on any atom is 0.322 e. The van der Waals surface area contributed by atoms with Gasteiger partial charge in [-0.2, -0.15) is 4.72 Å². The van der Waals surface area contributed by atoms with Crippen LogP contribution in [-0.4, -0.2) is 30.1 Å². The molecule has 0 aliphatic heterocycles. The largest absolute Gasteiger partial charge is 0.480 e. The maximum absolute atomic E-state index is 12.0. The molecule has 1 rings (SSSR count). The minimum absolute atomic E-state index is 0.0690. The average molecular weight is 274 g/mol. The van der Waals surface area contributed by atoms with Crippen molar-refractivity contribution in [3.63, 3.8) is 0 Å². The summed E-state index contributed by atoms with van der Waals surface area (Å²) in [4.78, 5) is 11.2. The molecule has 2 unspecified atom stereocenters. The molecule has 0 amide bonds. The molecule has 0 spiro atoms. The van der Waals surface area contributed by atoms with E-state index >= 15 is 0 Å². The number of rotatable bonds is 6. The lowest BCUT2D eigenvalue weighted by Gasteiger charge is -2.19. The molecule has 18 heavy (non-hydrogen) atoms. The standard InChI is InChI=1S/C11H18N2O4S/c1-4-8(2)10(11(14)15)12-18(16,17)9-5-6-13(3)7-9/h5-8,10,12H,4H2,1-3H3,(H,14,15). The maximum atomic E-state index is 12.0. The van der Waals surface area contributed by atoms with E-state index in [1.54, 1.807) is 24.7 Å². The Morgan fingerprint density at radius 1 is 1.56 bits per heavy atom. The zero-order chi connectivity index (χ0) is 13.9. The van der Waals surface area contributed by atoms with Crippen molar-refractivity contribution in [2.75, 3.05) is 0 Å². The molecule has 1 heterocycles. The number of aliphatic carboxylic acids is 1. The normalized spacial score (nSPS) is 15.3. The van der Waals surface area contributed by atoms with Crippen LogP contribution in [0.15, 0.2) is 23.4 Å². The van der Waals surface area contributed by atoms with Crippen LogP contribution in [-0.2, 0) is 21.9 Å². The van der Waals surface area contributed by atoms with Gasteiger partial charge in [0.1, 0.15) is 6.04 Å². The zero-order valence-corrected chi connectivity index (χ0v) is 11.4. The van der Waals surface area contributed by atoms with Gasteiger partial charge in [-0.05, 0) is 12.0 Å². The van der Waals surface area contributed by atoms with Crippen molar-refractivity contribution in [2.24, 2.45) is 13.0 Å². The lowest BCUT2D eigenvalue weighted by atomic mass is 10.0. The summed E-state index contributed by atoms with van der Waals surface area (Å²) in [6, 6.07) is 0.318. The third-order valence-corrected chi connectivity index (χ3v) is 4.30. The first kappa shape index (κ1) is 14.7. The highest BCUT2D eigenvalue weighted by atomic mass is 32.2. The van der Waals surface area contributed by atoms with Crippen LogP contribution in [0.4, 0.5) is 0 Å². The Kier molecular flexibility index (Phi) is 4.53. The third kappa shape index (κ3) is 3.33. The van der Waals surface area contributed by atoms with E-state index in [2.05, 4.69) is 4.72 Å². The van der Waals surface area contributed by atoms with E-state index in [1.165, 1.54) is 12.3 Å². The van der Waals surface area contributed by atoms with Gasteiger partial charge in [0, 0.05) is 19.4 Å². The first-order valence-electron chi connectivity index (χ1n) is 5.65. The molecule has 0 saturated heterocycles. The van der Waals surface area contributed by atoms with E-state index in [-0.39, 0.29) is 10.8 Å². The summed E-state index contributed by atoms with van der Waals surface area (Å²) >= 11 is 0. The summed E-state index contributed by atoms with van der Waals surface area (Å²) in [6.45, 7) is 3.52. The molecule has 1 aromatic rings. The molecular weight excluding hydrogens is 256 g/mol. The van der Waals surface area contributed by atoms with Gasteiger partial charge in [-0.15, -0.1) is 0 Å². The van der Waals surface area contributed by atoms with E-state index in [9.17, 15) is 13.2 Å². The first-order chi connectivity index (χ1) is 8.27. The lowest BCUT2D eigenvalue weighted by Crippen LogP contribution is -2.44. The van der Waals surface area contributed by atoms with Crippen LogP contribution in [0.1, 0.15) is 20.3 Å². The second-order valence-corrected chi connectivity index (χ2v) is 6.05. The van der Waals surface area contributed by atoms with Gasteiger partial charge in [-0.25, -0.2) is 8.42 Å². The topological polar surface area (TPSA) is 88.4 Å². The summed E-state index contributed by atoms with van der Waals surface area (Å²) in [7, 11) is -2.09. The van der Waals surface area contributed by atoms with Crippen LogP contribution < -0.4 is 4.72 Å². The van der Waals surface area contributed by atoms with Gasteiger partial charge in [0.25, 0.3) is 0 Å². The molecule has 0 radical (unpaired) electrons. The predicted molar refractivity (Wildman–Crippen MR) is 66.6 cm³/mol. The molecular formula is C11H18N2O4S. The summed E-state index contributed by atoms with van der Waals surface area (Å²) in [5, 5.41) is 9.06. The fourth-order valence-corrected chi connectivity index (χ4v) is 2.87. The van der Waals surface area contributed by atoms with Crippen molar-refractivity contribution in [1.29, 1.82) is 0 Å². The molecule has 7 heteroatoms. The van der Waals surface area contributed by atoms with Crippen molar-refractivity contribution in [3.8, 4) is 0 Å². The highest BCUT2D eigenvalue weighted by Crippen LogP contribution is 2.14. The van der Waals surface area contributed by atoms with Crippen LogP contribution in [0.3, 0.4) is 0 Å². The van der Waals surface area contributed by atoms with E-state index < -0.39 is 22.0 Å². The zero-order valence-electron chi connectivity index (χ0n) is 10.6. The molecule has 0 aliphatic rings. The van der Waals surface area contributed by atoms with E-state index in [0.29, 0.717) is 6.42 Å². The van der Waals surface area contributed by atoms with Crippen molar-refractivity contribution in [3.05, 3.63) is 18.5 Å². The molecule has 0 aromatic carbocycles. The molecule has 2 atom stereocenters. The van der Waals surface area contributed by atoms with Gasteiger partial charge in [0.2, 0.25) is 10.0 Å². The summed E-state index contributed by atoms with van der Waals surface area (Å²) in [5.74, 6) is -1.44. The number of nitrogens with one attached hydrogen (secondary N) is 1. The quantitative estimate of drug-likeness (QED) is 0.803. The third-order valence-electron chi connectivity index (χ3n) is 2.88. The van der Waals surface area contributed by atoms with Gasteiger partial charge in [-0.1, -0.05) is 20.3 Å². The second kappa shape index (κ2) is 5.53. The Hall–Kier alpha value is -1.34. The number of aromatic nitrogens is 1. The molecule has 1 aromatic heterocycles. The number of sulfonamides is 1. The fourth-order valence-electron chi connectivity index (χ4n) is 1.52. The highest BCUT2D eigenvalue weighted by molar-refractivity contribution is 7.89. The Morgan fingerprint density at radius 2 is 2.17 bits per heavy atom. The number of hydrogen-bond donors (Lipinski definition) is 2. The Balaban J connectivity index is 2.96. The first-order valence-corrected chi connectivity index (χ1v) is 7.13. The highest BCUT2D eigenvalue weighted by Gasteiger charge is 2.29. The van der Waals surface area contributed by atoms with Gasteiger partial charge >= 0.3 is 5.97 Å². The Bertz CT molecular complexity index is 521. The minimum Gasteiger partial charge on any atom is -0.480 e. The second-order valence-electron chi connectivity index (χ2n) is 4.34. The van der Waals surface area contributed by atoms with Gasteiger partial charge in [0.15, 0.2) is 0 Å². The van der Waals surface area contributed by atoms with Crippen molar-refractivity contribution >= 4 is 16.0 Å². The summed E-state index contributed by atoms with van der Waals surface area (Å²) in [5.41, 5.74) is 0. The Morgan fingerprint density at radius 3 is 2.56 bits per heavy atom. The van der Waals surface area contributed by atoms with E-state index in [0.717, 1.165) is 0 Å². The number of carboxylic acid groups (broad SMARTS) is 1. The van der Waals surface area contributed by atoms with Gasteiger partial charge in [0.05, 0.1) is 4.90 Å². The van der Waals surface area contributed by atoms with Crippen LogP contribution in [0.25, 0.3) is 0 Å². The Labute approximate surface area is 107 Å². The molecule has 102 valence electrons. The smallest absolute Gasteiger partial charge is 0.322 e. The number of nitrogens with zero attached hydrogens (tertiary/aromatic N) is 1. The van der Waals surface area contributed by atoms with Crippen LogP contribution in [0, 0.1) is 5.92 Å². The van der Waals surface area contributed by atoms with Gasteiger partial charge < -0.3 is 9.67 Å². The van der Waals surface area contributed by atoms with Crippen molar-refractivity contribution < 1.29 is 18.3 Å². The number of carbonyl (C=O) groups is 1. The van der Waals surface area contributed by atoms with Crippen molar-refractivity contribution in [2.45, 2.75) is 31.2 Å². The summed E-state index contributed by atoms with van der Waals surface area (Å²) in [6.07, 6.45) is 3.60. The summed E-state index contributed by atoms with van der Waals surface area (Å²) < 4.78 is 27.8. The minimum atomic E-state index is -3.79. The molecule has 6 nitrogen and oxygen atoms in total. The molecule has 0 bridgehead atoms. The van der Waals surface area contributed by atoms with Gasteiger partial charge in [-0.3, -0.25) is 4.79 Å². The lowest BCUT2D eigenvalue weighted by molar-refractivity contribution is -0.140. The van der Waals surface area contributed by atoms with Crippen LogP contribution >= 0.6 is 0 Å². The number of hydrogen-bond acceptors (Lipinski definition) is 3. The monoisotopic (exact) mass is 274 g/mol. The molecule has 0 saturated carbocycles.